The molecule has 0 radical (unpaired) electrons. The van der Waals surface area contributed by atoms with Crippen molar-refractivity contribution in [1.29, 1.82) is 0 Å². The SMILES string of the molecule is CN(C)C(=O)C1CCCN(S(=O)(=O)Cc2ccc(Cl)cc2Cl)C1. The van der Waals surface area contributed by atoms with Crippen LogP contribution >= 0.6 is 23.2 Å². The van der Waals surface area contributed by atoms with Gasteiger partial charge in [0.25, 0.3) is 0 Å². The Morgan fingerprint density at radius 1 is 1.35 bits per heavy atom. The molecule has 1 aromatic rings. The fraction of sp³-hybridized carbons (Fsp3) is 0.533. The summed E-state index contributed by atoms with van der Waals surface area (Å²) in [6.45, 7) is 0.662. The van der Waals surface area contributed by atoms with Gasteiger partial charge in [0.15, 0.2) is 0 Å². The zero-order valence-electron chi connectivity index (χ0n) is 13.1. The molecule has 0 N–H and O–H groups in total. The van der Waals surface area contributed by atoms with Crippen LogP contribution in [0.5, 0.6) is 0 Å². The number of halogens is 2. The summed E-state index contributed by atoms with van der Waals surface area (Å²) in [6.07, 6.45) is 1.39. The van der Waals surface area contributed by atoms with Crippen molar-refractivity contribution in [3.05, 3.63) is 33.8 Å². The molecule has 5 nitrogen and oxygen atoms in total. The fourth-order valence-corrected chi connectivity index (χ4v) is 4.88. The summed E-state index contributed by atoms with van der Waals surface area (Å²) in [7, 11) is -0.161. The van der Waals surface area contributed by atoms with Crippen molar-refractivity contribution in [1.82, 2.24) is 9.21 Å². The molecule has 1 aliphatic rings. The molecular weight excluding hydrogens is 359 g/mol. The molecule has 0 aromatic heterocycles. The van der Waals surface area contributed by atoms with E-state index in [0.717, 1.165) is 0 Å². The van der Waals surface area contributed by atoms with Gasteiger partial charge in [-0.1, -0.05) is 29.3 Å². The maximum Gasteiger partial charge on any atom is 0.226 e. The molecular formula is C15H20Cl2N2O3S. The van der Waals surface area contributed by atoms with Crippen LogP contribution in [0.3, 0.4) is 0 Å². The van der Waals surface area contributed by atoms with E-state index in [1.54, 1.807) is 26.2 Å². The molecule has 0 saturated carbocycles. The predicted octanol–water partition coefficient (Wildman–Crippen LogP) is 2.62. The number of benzene rings is 1. The zero-order chi connectivity index (χ0) is 17.2. The lowest BCUT2D eigenvalue weighted by Crippen LogP contribution is -2.45. The van der Waals surface area contributed by atoms with E-state index >= 15 is 0 Å². The van der Waals surface area contributed by atoms with Crippen LogP contribution in [0.15, 0.2) is 18.2 Å². The van der Waals surface area contributed by atoms with Gasteiger partial charge in [-0.25, -0.2) is 12.7 Å². The van der Waals surface area contributed by atoms with E-state index in [1.807, 2.05) is 0 Å². The number of nitrogens with zero attached hydrogens (tertiary/aromatic N) is 2. The summed E-state index contributed by atoms with van der Waals surface area (Å²) < 4.78 is 26.7. The second kappa shape index (κ2) is 7.38. The first-order valence-electron chi connectivity index (χ1n) is 7.33. The highest BCUT2D eigenvalue weighted by atomic mass is 35.5. The van der Waals surface area contributed by atoms with E-state index in [9.17, 15) is 13.2 Å². The number of piperidine rings is 1. The van der Waals surface area contributed by atoms with Gasteiger partial charge in [-0.3, -0.25) is 4.79 Å². The minimum atomic E-state index is -3.53. The molecule has 0 aliphatic carbocycles. The summed E-state index contributed by atoms with van der Waals surface area (Å²) >= 11 is 11.9. The topological polar surface area (TPSA) is 57.7 Å². The molecule has 1 aromatic carbocycles. The van der Waals surface area contributed by atoms with Crippen molar-refractivity contribution in [3.63, 3.8) is 0 Å². The van der Waals surface area contributed by atoms with Crippen LogP contribution in [0.25, 0.3) is 0 Å². The molecule has 128 valence electrons. The van der Waals surface area contributed by atoms with Gasteiger partial charge < -0.3 is 4.90 Å². The van der Waals surface area contributed by atoms with Crippen LogP contribution in [0.2, 0.25) is 10.0 Å². The summed E-state index contributed by atoms with van der Waals surface area (Å²) in [4.78, 5) is 13.6. The van der Waals surface area contributed by atoms with Crippen molar-refractivity contribution >= 4 is 39.1 Å². The normalized spacial score (nSPS) is 19.6. The molecule has 1 atom stereocenters. The van der Waals surface area contributed by atoms with Gasteiger partial charge in [0.2, 0.25) is 15.9 Å². The first-order chi connectivity index (χ1) is 10.7. The van der Waals surface area contributed by atoms with Gasteiger partial charge in [0, 0.05) is 37.2 Å². The third-order valence-corrected chi connectivity index (χ3v) is 6.30. The van der Waals surface area contributed by atoms with Crippen LogP contribution in [0.4, 0.5) is 0 Å². The summed E-state index contributed by atoms with van der Waals surface area (Å²) in [6, 6.07) is 4.77. The Morgan fingerprint density at radius 2 is 2.04 bits per heavy atom. The van der Waals surface area contributed by atoms with E-state index in [2.05, 4.69) is 0 Å². The van der Waals surface area contributed by atoms with Gasteiger partial charge in [-0.15, -0.1) is 0 Å². The first kappa shape index (κ1) is 18.5. The smallest absolute Gasteiger partial charge is 0.226 e. The lowest BCUT2D eigenvalue weighted by Gasteiger charge is -2.32. The Hall–Kier alpha value is -0.820. The summed E-state index contributed by atoms with van der Waals surface area (Å²) in [5.41, 5.74) is 0.511. The average molecular weight is 379 g/mol. The van der Waals surface area contributed by atoms with Crippen LogP contribution < -0.4 is 0 Å². The molecule has 2 rings (SSSR count). The molecule has 1 saturated heterocycles. The van der Waals surface area contributed by atoms with Crippen molar-refractivity contribution < 1.29 is 13.2 Å². The molecule has 1 aliphatic heterocycles. The molecule has 1 heterocycles. The Labute approximate surface area is 147 Å². The van der Waals surface area contributed by atoms with Crippen LogP contribution in [0, 0.1) is 5.92 Å². The maximum absolute atomic E-state index is 12.6. The van der Waals surface area contributed by atoms with Crippen LogP contribution in [0.1, 0.15) is 18.4 Å². The van der Waals surface area contributed by atoms with E-state index < -0.39 is 10.0 Å². The highest BCUT2D eigenvalue weighted by Crippen LogP contribution is 2.26. The Morgan fingerprint density at radius 3 is 2.65 bits per heavy atom. The predicted molar refractivity (Wildman–Crippen MR) is 92.1 cm³/mol. The zero-order valence-corrected chi connectivity index (χ0v) is 15.5. The van der Waals surface area contributed by atoms with E-state index in [0.29, 0.717) is 35.0 Å². The summed E-state index contributed by atoms with van der Waals surface area (Å²) in [5, 5.41) is 0.796. The minimum absolute atomic E-state index is 0.0329. The number of rotatable bonds is 4. The first-order valence-corrected chi connectivity index (χ1v) is 9.70. The highest BCUT2D eigenvalue weighted by Gasteiger charge is 2.33. The standard InChI is InChI=1S/C15H20Cl2N2O3S/c1-18(2)15(20)11-4-3-7-19(9-11)23(21,22)10-12-5-6-13(16)8-14(12)17/h5-6,8,11H,3-4,7,9-10H2,1-2H3. The Kier molecular flexibility index (Phi) is 5.94. The number of carbonyl (C=O) groups excluding carboxylic acids is 1. The fourth-order valence-electron chi connectivity index (χ4n) is 2.69. The molecule has 8 heteroatoms. The van der Waals surface area contributed by atoms with Gasteiger partial charge in [-0.05, 0) is 30.5 Å². The van der Waals surface area contributed by atoms with E-state index in [4.69, 9.17) is 23.2 Å². The lowest BCUT2D eigenvalue weighted by molar-refractivity contribution is -0.134. The Balaban J connectivity index is 2.14. The van der Waals surface area contributed by atoms with Crippen molar-refractivity contribution in [2.45, 2.75) is 18.6 Å². The van der Waals surface area contributed by atoms with E-state index in [-0.39, 0.29) is 24.1 Å². The van der Waals surface area contributed by atoms with E-state index in [1.165, 1.54) is 15.3 Å². The lowest BCUT2D eigenvalue weighted by atomic mass is 9.98. The van der Waals surface area contributed by atoms with Crippen LogP contribution in [-0.4, -0.2) is 50.7 Å². The third-order valence-electron chi connectivity index (χ3n) is 3.92. The second-order valence-corrected chi connectivity index (χ2v) is 8.73. The van der Waals surface area contributed by atoms with Gasteiger partial charge in [0.1, 0.15) is 0 Å². The number of amides is 1. The molecule has 1 unspecified atom stereocenters. The largest absolute Gasteiger partial charge is 0.349 e. The van der Waals surface area contributed by atoms with Crippen LogP contribution in [-0.2, 0) is 20.6 Å². The molecule has 1 amide bonds. The maximum atomic E-state index is 12.6. The van der Waals surface area contributed by atoms with Crippen molar-refractivity contribution in [2.24, 2.45) is 5.92 Å². The van der Waals surface area contributed by atoms with Gasteiger partial charge in [0.05, 0.1) is 11.7 Å². The van der Waals surface area contributed by atoms with Crippen molar-refractivity contribution in [2.75, 3.05) is 27.2 Å². The minimum Gasteiger partial charge on any atom is -0.349 e. The number of sulfonamides is 1. The molecule has 1 fully saturated rings. The number of hydrogen-bond acceptors (Lipinski definition) is 3. The molecule has 23 heavy (non-hydrogen) atoms. The quantitative estimate of drug-likeness (QED) is 0.808. The van der Waals surface area contributed by atoms with Crippen molar-refractivity contribution in [3.8, 4) is 0 Å². The van der Waals surface area contributed by atoms with Gasteiger partial charge >= 0.3 is 0 Å². The number of hydrogen-bond donors (Lipinski definition) is 0. The monoisotopic (exact) mass is 378 g/mol. The molecule has 0 bridgehead atoms. The number of carbonyl (C=O) groups is 1. The Bertz CT molecular complexity index is 692. The second-order valence-electron chi connectivity index (χ2n) is 5.92. The average Bonchev–Trinajstić information content (AvgIpc) is 2.49. The summed E-state index contributed by atoms with van der Waals surface area (Å²) in [5.74, 6) is -0.505. The molecule has 0 spiro atoms. The third kappa shape index (κ3) is 4.59. The highest BCUT2D eigenvalue weighted by molar-refractivity contribution is 7.88. The van der Waals surface area contributed by atoms with Gasteiger partial charge in [-0.2, -0.15) is 0 Å².